The van der Waals surface area contributed by atoms with Crippen LogP contribution in [0.4, 0.5) is 10.1 Å². The number of hydrogen-bond donors (Lipinski definition) is 1. The third-order valence-corrected chi connectivity index (χ3v) is 7.88. The van der Waals surface area contributed by atoms with Gasteiger partial charge in [0.05, 0.1) is 17.7 Å². The van der Waals surface area contributed by atoms with E-state index in [1.807, 2.05) is 20.8 Å². The third kappa shape index (κ3) is 7.57. The van der Waals surface area contributed by atoms with Gasteiger partial charge in [-0.05, 0) is 81.8 Å². The summed E-state index contributed by atoms with van der Waals surface area (Å²) >= 11 is 0. The molecule has 0 aromatic heterocycles. The second-order valence-corrected chi connectivity index (χ2v) is 11.4. The highest BCUT2D eigenvalue weighted by atomic mass is 32.2. The molecule has 10 heteroatoms. The zero-order valence-electron chi connectivity index (χ0n) is 22.7. The molecule has 3 rings (SSSR count). The fourth-order valence-corrected chi connectivity index (χ4v) is 5.34. The number of aryl methyl sites for hydroxylation is 1. The zero-order valence-corrected chi connectivity index (χ0v) is 23.5. The van der Waals surface area contributed by atoms with Gasteiger partial charge in [-0.2, -0.15) is 0 Å². The third-order valence-electron chi connectivity index (χ3n) is 6.09. The maximum absolute atomic E-state index is 13.9. The van der Waals surface area contributed by atoms with Crippen LogP contribution in [0.2, 0.25) is 0 Å². The Balaban J connectivity index is 2.03. The number of benzene rings is 3. The molecule has 208 valence electrons. The van der Waals surface area contributed by atoms with Crippen LogP contribution < -0.4 is 14.4 Å². The molecule has 3 aromatic carbocycles. The van der Waals surface area contributed by atoms with E-state index in [2.05, 4.69) is 5.32 Å². The van der Waals surface area contributed by atoms with Gasteiger partial charge in [0.2, 0.25) is 11.8 Å². The fourth-order valence-electron chi connectivity index (χ4n) is 3.93. The molecule has 0 spiro atoms. The summed E-state index contributed by atoms with van der Waals surface area (Å²) in [7, 11) is -2.73. The molecule has 8 nitrogen and oxygen atoms in total. The van der Waals surface area contributed by atoms with Crippen LogP contribution in [-0.2, 0) is 26.2 Å². The van der Waals surface area contributed by atoms with Crippen molar-refractivity contribution in [3.05, 3.63) is 89.7 Å². The second-order valence-electron chi connectivity index (χ2n) is 9.51. The monoisotopic (exact) mass is 555 g/mol. The van der Waals surface area contributed by atoms with Crippen LogP contribution >= 0.6 is 0 Å². The van der Waals surface area contributed by atoms with E-state index in [4.69, 9.17) is 4.74 Å². The minimum Gasteiger partial charge on any atom is -0.497 e. The Hall–Kier alpha value is -3.92. The number of amides is 2. The van der Waals surface area contributed by atoms with Gasteiger partial charge in [-0.3, -0.25) is 13.9 Å². The second kappa shape index (κ2) is 12.8. The number of ether oxygens (including phenoxy) is 1. The molecule has 0 aliphatic rings. The predicted molar refractivity (Wildman–Crippen MR) is 148 cm³/mol. The first-order chi connectivity index (χ1) is 18.4. The van der Waals surface area contributed by atoms with Crippen molar-refractivity contribution in [1.82, 2.24) is 10.2 Å². The van der Waals surface area contributed by atoms with Crippen LogP contribution in [-0.4, -0.2) is 50.9 Å². The highest BCUT2D eigenvalue weighted by molar-refractivity contribution is 7.92. The summed E-state index contributed by atoms with van der Waals surface area (Å²) < 4.78 is 47.3. The average Bonchev–Trinajstić information content (AvgIpc) is 2.90. The van der Waals surface area contributed by atoms with Gasteiger partial charge in [0.1, 0.15) is 24.2 Å². The lowest BCUT2D eigenvalue weighted by Gasteiger charge is -2.32. The fraction of sp³-hybridized carbons (Fsp3) is 0.310. The first-order valence-electron chi connectivity index (χ1n) is 12.5. The summed E-state index contributed by atoms with van der Waals surface area (Å²) in [6.45, 7) is 6.55. The van der Waals surface area contributed by atoms with Gasteiger partial charge < -0.3 is 15.0 Å². The molecular weight excluding hydrogens is 521 g/mol. The van der Waals surface area contributed by atoms with E-state index in [0.29, 0.717) is 11.3 Å². The van der Waals surface area contributed by atoms with Crippen molar-refractivity contribution in [1.29, 1.82) is 0 Å². The SMILES string of the molecule is COc1cccc(CN(C(=O)CN(c2ccc(C)cc2)S(=O)(=O)c2ccc(F)cc2)[C@@H](C)C(=O)NC(C)C)c1. The first-order valence-corrected chi connectivity index (χ1v) is 13.9. The highest BCUT2D eigenvalue weighted by Gasteiger charge is 2.32. The van der Waals surface area contributed by atoms with Gasteiger partial charge in [0.25, 0.3) is 10.0 Å². The molecule has 0 radical (unpaired) electrons. The van der Waals surface area contributed by atoms with Crippen LogP contribution in [0, 0.1) is 12.7 Å². The molecule has 0 saturated heterocycles. The van der Waals surface area contributed by atoms with E-state index < -0.39 is 34.3 Å². The van der Waals surface area contributed by atoms with E-state index in [9.17, 15) is 22.4 Å². The van der Waals surface area contributed by atoms with Crippen molar-refractivity contribution in [3.8, 4) is 5.75 Å². The van der Waals surface area contributed by atoms with Crippen LogP contribution in [0.5, 0.6) is 5.75 Å². The Bertz CT molecular complexity index is 1390. The van der Waals surface area contributed by atoms with E-state index in [1.165, 1.54) is 12.0 Å². The van der Waals surface area contributed by atoms with Crippen LogP contribution in [0.25, 0.3) is 0 Å². The highest BCUT2D eigenvalue weighted by Crippen LogP contribution is 2.25. The topological polar surface area (TPSA) is 96.0 Å². The maximum Gasteiger partial charge on any atom is 0.264 e. The summed E-state index contributed by atoms with van der Waals surface area (Å²) in [5.74, 6) is -0.958. The number of sulfonamides is 1. The van der Waals surface area contributed by atoms with Crippen molar-refractivity contribution in [2.45, 2.75) is 51.2 Å². The van der Waals surface area contributed by atoms with Gasteiger partial charge in [0, 0.05) is 12.6 Å². The van der Waals surface area contributed by atoms with Gasteiger partial charge in [-0.15, -0.1) is 0 Å². The molecule has 0 saturated carbocycles. The molecule has 0 aliphatic carbocycles. The Morgan fingerprint density at radius 3 is 2.21 bits per heavy atom. The minimum absolute atomic E-state index is 0.0427. The number of carbonyl (C=O) groups is 2. The standard InChI is InChI=1S/C29H34FN3O5S/c1-20(2)31-29(35)22(4)32(18-23-7-6-8-26(17-23)38-5)28(34)19-33(25-13-9-21(3)10-14-25)39(36,37)27-15-11-24(30)12-16-27/h6-17,20,22H,18-19H2,1-5H3,(H,31,35)/t22-/m0/s1. The van der Waals surface area contributed by atoms with E-state index in [-0.39, 0.29) is 29.1 Å². The molecular formula is C29H34FN3O5S. The number of carbonyl (C=O) groups excluding carboxylic acids is 2. The largest absolute Gasteiger partial charge is 0.497 e. The zero-order chi connectivity index (χ0) is 28.7. The lowest BCUT2D eigenvalue weighted by Crippen LogP contribution is -2.52. The number of nitrogens with zero attached hydrogens (tertiary/aromatic N) is 2. The average molecular weight is 556 g/mol. The summed E-state index contributed by atoms with van der Waals surface area (Å²) in [4.78, 5) is 28.0. The van der Waals surface area contributed by atoms with E-state index in [1.54, 1.807) is 55.5 Å². The van der Waals surface area contributed by atoms with Crippen molar-refractivity contribution in [2.24, 2.45) is 0 Å². The van der Waals surface area contributed by atoms with Crippen LogP contribution in [0.3, 0.4) is 0 Å². The lowest BCUT2D eigenvalue weighted by molar-refractivity contribution is -0.139. The van der Waals surface area contributed by atoms with Crippen molar-refractivity contribution in [2.75, 3.05) is 18.0 Å². The van der Waals surface area contributed by atoms with E-state index in [0.717, 1.165) is 34.1 Å². The molecule has 2 amide bonds. The number of rotatable bonds is 11. The Labute approximate surface area is 229 Å². The number of methoxy groups -OCH3 is 1. The molecule has 0 unspecified atom stereocenters. The summed E-state index contributed by atoms with van der Waals surface area (Å²) in [6, 6.07) is 17.1. The predicted octanol–water partition coefficient (Wildman–Crippen LogP) is 4.28. The Morgan fingerprint density at radius 2 is 1.62 bits per heavy atom. The summed E-state index contributed by atoms with van der Waals surface area (Å²) in [5.41, 5.74) is 1.87. The molecule has 1 atom stereocenters. The van der Waals surface area contributed by atoms with Crippen molar-refractivity contribution >= 4 is 27.5 Å². The maximum atomic E-state index is 13.9. The molecule has 3 aromatic rings. The molecule has 1 N–H and O–H groups in total. The van der Waals surface area contributed by atoms with E-state index >= 15 is 0 Å². The van der Waals surface area contributed by atoms with Gasteiger partial charge in [-0.25, -0.2) is 12.8 Å². The molecule has 0 fully saturated rings. The van der Waals surface area contributed by atoms with Gasteiger partial charge in [-0.1, -0.05) is 29.8 Å². The number of halogens is 1. The van der Waals surface area contributed by atoms with Gasteiger partial charge >= 0.3 is 0 Å². The lowest BCUT2D eigenvalue weighted by atomic mass is 10.1. The summed E-state index contributed by atoms with van der Waals surface area (Å²) in [6.07, 6.45) is 0. The van der Waals surface area contributed by atoms with Crippen molar-refractivity contribution in [3.63, 3.8) is 0 Å². The first kappa shape index (κ1) is 29.6. The van der Waals surface area contributed by atoms with Crippen LogP contribution in [0.15, 0.2) is 77.7 Å². The number of anilines is 1. The number of hydrogen-bond acceptors (Lipinski definition) is 5. The van der Waals surface area contributed by atoms with Crippen LogP contribution in [0.1, 0.15) is 31.9 Å². The molecule has 0 aliphatic heterocycles. The Morgan fingerprint density at radius 1 is 0.974 bits per heavy atom. The normalized spacial score (nSPS) is 12.1. The smallest absolute Gasteiger partial charge is 0.264 e. The quantitative estimate of drug-likeness (QED) is 0.381. The summed E-state index contributed by atoms with van der Waals surface area (Å²) in [5, 5.41) is 2.81. The minimum atomic E-state index is -4.26. The van der Waals surface area contributed by atoms with Crippen molar-refractivity contribution < 1.29 is 27.1 Å². The molecule has 39 heavy (non-hydrogen) atoms. The molecule has 0 bridgehead atoms. The van der Waals surface area contributed by atoms with Gasteiger partial charge in [0.15, 0.2) is 0 Å². The molecule has 0 heterocycles. The number of nitrogens with one attached hydrogen (secondary N) is 1. The Kier molecular flexibility index (Phi) is 9.69.